The second-order valence-electron chi connectivity index (χ2n) is 9.21. The maximum absolute atomic E-state index is 13.3. The van der Waals surface area contributed by atoms with Crippen molar-refractivity contribution >= 4 is 5.91 Å². The Hall–Kier alpha value is -2.38. The Morgan fingerprint density at radius 1 is 1.09 bits per heavy atom. The fourth-order valence-corrected chi connectivity index (χ4v) is 4.85. The summed E-state index contributed by atoms with van der Waals surface area (Å²) in [6, 6.07) is 14.0. The molecular weight excluding hydrogens is 417 g/mol. The van der Waals surface area contributed by atoms with Crippen molar-refractivity contribution in [2.24, 2.45) is 0 Å². The lowest BCUT2D eigenvalue weighted by atomic mass is 9.76. The SMILES string of the molecule is Cc1cc([C@H](C)OC[C@@]2(c3ccccc3)CC[C@]3(CCC(=O)N3)CN2)cc(C(F)(F)F)c1. The van der Waals surface area contributed by atoms with Gasteiger partial charge in [0.05, 0.1) is 29.4 Å². The van der Waals surface area contributed by atoms with Crippen LogP contribution in [0.4, 0.5) is 13.2 Å². The van der Waals surface area contributed by atoms with Crippen LogP contribution in [-0.2, 0) is 21.2 Å². The number of benzene rings is 2. The highest BCUT2D eigenvalue weighted by Gasteiger charge is 2.46. The summed E-state index contributed by atoms with van der Waals surface area (Å²) in [4.78, 5) is 11.8. The molecule has 2 aromatic rings. The first kappa shape index (κ1) is 22.8. The summed E-state index contributed by atoms with van der Waals surface area (Å²) in [5.74, 6) is 0.0869. The molecule has 2 aromatic carbocycles. The minimum Gasteiger partial charge on any atom is -0.372 e. The van der Waals surface area contributed by atoms with Gasteiger partial charge in [-0.2, -0.15) is 13.2 Å². The molecule has 3 atom stereocenters. The highest BCUT2D eigenvalue weighted by atomic mass is 19.4. The zero-order chi connectivity index (χ0) is 23.0. The number of ether oxygens (including phenoxy) is 1. The molecule has 2 fully saturated rings. The van der Waals surface area contributed by atoms with Crippen LogP contribution in [0.5, 0.6) is 0 Å². The van der Waals surface area contributed by atoms with Crippen LogP contribution in [0.2, 0.25) is 0 Å². The van der Waals surface area contributed by atoms with E-state index in [1.54, 1.807) is 19.9 Å². The van der Waals surface area contributed by atoms with Gasteiger partial charge in [-0.1, -0.05) is 42.0 Å². The number of amides is 1. The first-order valence-electron chi connectivity index (χ1n) is 11.0. The van der Waals surface area contributed by atoms with Crippen molar-refractivity contribution in [2.45, 2.75) is 62.9 Å². The van der Waals surface area contributed by atoms with Crippen LogP contribution in [0, 0.1) is 6.92 Å². The molecule has 1 amide bonds. The van der Waals surface area contributed by atoms with E-state index >= 15 is 0 Å². The molecule has 0 bridgehead atoms. The van der Waals surface area contributed by atoms with Gasteiger partial charge in [0.1, 0.15) is 0 Å². The minimum absolute atomic E-state index is 0.0869. The molecule has 32 heavy (non-hydrogen) atoms. The summed E-state index contributed by atoms with van der Waals surface area (Å²) in [7, 11) is 0. The highest BCUT2D eigenvalue weighted by Crippen LogP contribution is 2.39. The van der Waals surface area contributed by atoms with Crippen molar-refractivity contribution in [3.8, 4) is 0 Å². The van der Waals surface area contributed by atoms with E-state index in [4.69, 9.17) is 4.74 Å². The summed E-state index contributed by atoms with van der Waals surface area (Å²) < 4.78 is 46.0. The second-order valence-corrected chi connectivity index (χ2v) is 9.21. The van der Waals surface area contributed by atoms with Crippen LogP contribution < -0.4 is 10.6 Å². The summed E-state index contributed by atoms with van der Waals surface area (Å²) in [5.41, 5.74) is 0.792. The zero-order valence-electron chi connectivity index (χ0n) is 18.4. The molecule has 2 N–H and O–H groups in total. The third-order valence-electron chi connectivity index (χ3n) is 6.83. The molecule has 0 unspecified atom stereocenters. The van der Waals surface area contributed by atoms with Crippen molar-refractivity contribution in [3.63, 3.8) is 0 Å². The van der Waals surface area contributed by atoms with Gasteiger partial charge in [-0.25, -0.2) is 0 Å². The van der Waals surface area contributed by atoms with Gasteiger partial charge in [0.15, 0.2) is 0 Å². The average molecular weight is 447 g/mol. The van der Waals surface area contributed by atoms with Crippen LogP contribution in [0.3, 0.4) is 0 Å². The molecule has 2 heterocycles. The number of alkyl halides is 3. The van der Waals surface area contributed by atoms with Crippen LogP contribution in [0.15, 0.2) is 48.5 Å². The number of carbonyl (C=O) groups is 1. The lowest BCUT2D eigenvalue weighted by molar-refractivity contribution is -0.137. The molecule has 4 rings (SSSR count). The van der Waals surface area contributed by atoms with Gasteiger partial charge in [0, 0.05) is 13.0 Å². The molecule has 1 spiro atoms. The second kappa shape index (κ2) is 8.52. The van der Waals surface area contributed by atoms with Crippen molar-refractivity contribution in [3.05, 3.63) is 70.8 Å². The summed E-state index contributed by atoms with van der Waals surface area (Å²) >= 11 is 0. The van der Waals surface area contributed by atoms with Crippen LogP contribution >= 0.6 is 0 Å². The van der Waals surface area contributed by atoms with E-state index < -0.39 is 23.4 Å². The van der Waals surface area contributed by atoms with E-state index in [0.717, 1.165) is 30.9 Å². The predicted molar refractivity (Wildman–Crippen MR) is 116 cm³/mol. The lowest BCUT2D eigenvalue weighted by Gasteiger charge is -2.46. The van der Waals surface area contributed by atoms with Gasteiger partial charge in [-0.15, -0.1) is 0 Å². The van der Waals surface area contributed by atoms with Gasteiger partial charge in [0.2, 0.25) is 5.91 Å². The van der Waals surface area contributed by atoms with Crippen molar-refractivity contribution in [2.75, 3.05) is 13.2 Å². The Morgan fingerprint density at radius 2 is 1.84 bits per heavy atom. The smallest absolute Gasteiger partial charge is 0.372 e. The number of rotatable bonds is 5. The number of hydrogen-bond donors (Lipinski definition) is 2. The fraction of sp³-hybridized carbons (Fsp3) is 0.480. The molecule has 2 saturated heterocycles. The van der Waals surface area contributed by atoms with Gasteiger partial charge in [0.25, 0.3) is 0 Å². The van der Waals surface area contributed by atoms with Gasteiger partial charge < -0.3 is 15.4 Å². The number of piperidine rings is 1. The van der Waals surface area contributed by atoms with Gasteiger partial charge in [-0.05, 0) is 56.4 Å². The van der Waals surface area contributed by atoms with E-state index in [1.807, 2.05) is 30.3 Å². The summed E-state index contributed by atoms with van der Waals surface area (Å²) in [5, 5.41) is 6.76. The Morgan fingerprint density at radius 3 is 2.44 bits per heavy atom. The Bertz CT molecular complexity index is 967. The van der Waals surface area contributed by atoms with Crippen LogP contribution in [0.25, 0.3) is 0 Å². The predicted octanol–water partition coefficient (Wildman–Crippen LogP) is 5.02. The summed E-state index contributed by atoms with van der Waals surface area (Å²) in [6.07, 6.45) is -1.96. The third kappa shape index (κ3) is 4.69. The number of carbonyl (C=O) groups excluding carboxylic acids is 1. The third-order valence-corrected chi connectivity index (χ3v) is 6.83. The van der Waals surface area contributed by atoms with Crippen molar-refractivity contribution in [1.29, 1.82) is 0 Å². The normalized spacial score (nSPS) is 26.8. The Kier molecular flexibility index (Phi) is 6.07. The lowest BCUT2D eigenvalue weighted by Crippen LogP contribution is -2.61. The summed E-state index contributed by atoms with van der Waals surface area (Å²) in [6.45, 7) is 4.40. The quantitative estimate of drug-likeness (QED) is 0.678. The minimum atomic E-state index is -4.39. The first-order chi connectivity index (χ1) is 15.1. The van der Waals surface area contributed by atoms with E-state index in [1.165, 1.54) is 6.07 Å². The number of aryl methyl sites for hydroxylation is 1. The standard InChI is InChI=1S/C25H29F3N2O2/c1-17-12-19(14-21(13-17)25(26,27)28)18(2)32-16-24(20-6-4-3-5-7-20)11-10-23(15-29-24)9-8-22(31)30-23/h3-7,12-14,18,29H,8-11,15-16H2,1-2H3,(H,30,31)/t18-,23+,24+/m0/s1. The molecule has 172 valence electrons. The first-order valence-corrected chi connectivity index (χ1v) is 11.0. The molecule has 0 aliphatic carbocycles. The van der Waals surface area contributed by atoms with Crippen molar-refractivity contribution in [1.82, 2.24) is 10.6 Å². The van der Waals surface area contributed by atoms with Gasteiger partial charge >= 0.3 is 6.18 Å². The topological polar surface area (TPSA) is 50.4 Å². The molecule has 7 heteroatoms. The molecular formula is C25H29F3N2O2. The molecule has 4 nitrogen and oxygen atoms in total. The Balaban J connectivity index is 1.53. The van der Waals surface area contributed by atoms with Crippen molar-refractivity contribution < 1.29 is 22.7 Å². The number of hydrogen-bond acceptors (Lipinski definition) is 3. The zero-order valence-corrected chi connectivity index (χ0v) is 18.4. The molecule has 2 aliphatic rings. The maximum Gasteiger partial charge on any atom is 0.416 e. The largest absolute Gasteiger partial charge is 0.416 e. The molecule has 0 radical (unpaired) electrons. The average Bonchev–Trinajstić information content (AvgIpc) is 3.13. The van der Waals surface area contributed by atoms with Crippen LogP contribution in [-0.4, -0.2) is 24.6 Å². The number of nitrogens with one attached hydrogen (secondary N) is 2. The van der Waals surface area contributed by atoms with E-state index in [0.29, 0.717) is 30.7 Å². The highest BCUT2D eigenvalue weighted by molar-refractivity contribution is 5.79. The molecule has 0 saturated carbocycles. The van der Waals surface area contributed by atoms with Crippen LogP contribution in [0.1, 0.15) is 61.0 Å². The van der Waals surface area contributed by atoms with E-state index in [2.05, 4.69) is 10.6 Å². The Labute approximate surface area is 186 Å². The maximum atomic E-state index is 13.3. The molecule has 0 aromatic heterocycles. The van der Waals surface area contributed by atoms with E-state index in [9.17, 15) is 18.0 Å². The van der Waals surface area contributed by atoms with E-state index in [-0.39, 0.29) is 11.4 Å². The van der Waals surface area contributed by atoms with Gasteiger partial charge in [-0.3, -0.25) is 4.79 Å². The fourth-order valence-electron chi connectivity index (χ4n) is 4.85. The molecule has 2 aliphatic heterocycles. The number of halogens is 3. The monoisotopic (exact) mass is 446 g/mol.